The van der Waals surface area contributed by atoms with E-state index in [1.165, 1.54) is 6.20 Å². The van der Waals surface area contributed by atoms with Gasteiger partial charge in [-0.25, -0.2) is 9.97 Å². The first-order valence-corrected chi connectivity index (χ1v) is 9.78. The fourth-order valence-corrected chi connectivity index (χ4v) is 3.20. The van der Waals surface area contributed by atoms with E-state index in [0.29, 0.717) is 43.0 Å². The minimum atomic E-state index is -4.64. The van der Waals surface area contributed by atoms with E-state index in [1.807, 2.05) is 0 Å². The minimum Gasteiger partial charge on any atom is -0.478 e. The van der Waals surface area contributed by atoms with Crippen LogP contribution in [0.15, 0.2) is 30.7 Å². The van der Waals surface area contributed by atoms with E-state index in [0.717, 1.165) is 17.7 Å². The summed E-state index contributed by atoms with van der Waals surface area (Å²) in [7, 11) is 0. The van der Waals surface area contributed by atoms with Gasteiger partial charge in [0.1, 0.15) is 10.8 Å². The Labute approximate surface area is 179 Å². The van der Waals surface area contributed by atoms with Gasteiger partial charge in [-0.2, -0.15) is 17.5 Å². The first kappa shape index (κ1) is 22.4. The number of amides is 1. The van der Waals surface area contributed by atoms with Gasteiger partial charge < -0.3 is 21.1 Å². The van der Waals surface area contributed by atoms with Gasteiger partial charge in [-0.1, -0.05) is 0 Å². The third-order valence-corrected chi connectivity index (χ3v) is 4.70. The number of pyridine rings is 1. The fourth-order valence-electron chi connectivity index (χ4n) is 2.39. The average molecular weight is 453 g/mol. The Morgan fingerprint density at radius 2 is 2.06 bits per heavy atom. The van der Waals surface area contributed by atoms with E-state index >= 15 is 0 Å². The van der Waals surface area contributed by atoms with Crippen molar-refractivity contribution in [2.45, 2.75) is 19.5 Å². The Balaban J connectivity index is 1.72. The van der Waals surface area contributed by atoms with Gasteiger partial charge >= 0.3 is 6.18 Å². The van der Waals surface area contributed by atoms with Crippen LogP contribution in [0.5, 0.6) is 5.88 Å². The second-order valence-electron chi connectivity index (χ2n) is 6.21. The van der Waals surface area contributed by atoms with Crippen LogP contribution >= 0.6 is 11.5 Å². The lowest BCUT2D eigenvalue weighted by atomic mass is 10.2. The number of alkyl halides is 3. The van der Waals surface area contributed by atoms with Crippen LogP contribution in [-0.2, 0) is 6.18 Å². The lowest BCUT2D eigenvalue weighted by molar-refractivity contribution is -0.141. The quantitative estimate of drug-likeness (QED) is 0.443. The van der Waals surface area contributed by atoms with E-state index in [9.17, 15) is 18.0 Å². The highest BCUT2D eigenvalue weighted by atomic mass is 32.1. The van der Waals surface area contributed by atoms with Crippen molar-refractivity contribution in [2.24, 2.45) is 5.73 Å². The molecule has 0 aliphatic rings. The number of rotatable bonds is 8. The van der Waals surface area contributed by atoms with E-state index in [1.54, 1.807) is 19.1 Å². The summed E-state index contributed by atoms with van der Waals surface area (Å²) in [6, 6.07) is 3.21. The Morgan fingerprint density at radius 3 is 2.74 bits per heavy atom. The first-order valence-electron chi connectivity index (χ1n) is 9.00. The molecular weight excluding hydrogens is 435 g/mol. The normalized spacial score (nSPS) is 11.3. The predicted molar refractivity (Wildman–Crippen MR) is 109 cm³/mol. The van der Waals surface area contributed by atoms with Gasteiger partial charge in [0, 0.05) is 6.07 Å². The number of hydrogen-bond acceptors (Lipinski definition) is 9. The molecular formula is C18H18F3N7O2S. The SMILES string of the molecule is Cc1nsc(Nc2cncc(C(F)(F)F)n2)c1C(=O)Nc1ccc(OCCCN)nc1. The smallest absolute Gasteiger partial charge is 0.434 e. The molecule has 0 saturated heterocycles. The molecule has 0 atom stereocenters. The standard InChI is InChI=1S/C18H18F3N7O2S/c1-10-15(16(29)25-11-3-4-14(24-7-11)30-6-2-5-22)17(31-28-10)27-13-9-23-8-12(26-13)18(19,20)21/h3-4,7-9H,2,5-6,22H2,1H3,(H,25,29)(H,26,27). The summed E-state index contributed by atoms with van der Waals surface area (Å²) in [6.45, 7) is 2.55. The van der Waals surface area contributed by atoms with Crippen molar-refractivity contribution in [1.29, 1.82) is 0 Å². The number of aromatic nitrogens is 4. The lowest BCUT2D eigenvalue weighted by Crippen LogP contribution is -2.15. The van der Waals surface area contributed by atoms with Crippen molar-refractivity contribution in [2.75, 3.05) is 23.8 Å². The van der Waals surface area contributed by atoms with Crippen LogP contribution in [0.4, 0.5) is 29.7 Å². The molecule has 31 heavy (non-hydrogen) atoms. The molecule has 3 aromatic heterocycles. The molecule has 9 nitrogen and oxygen atoms in total. The van der Waals surface area contributed by atoms with Crippen molar-refractivity contribution in [1.82, 2.24) is 19.3 Å². The van der Waals surface area contributed by atoms with Gasteiger partial charge in [-0.05, 0) is 37.5 Å². The molecule has 164 valence electrons. The fraction of sp³-hybridized carbons (Fsp3) is 0.278. The number of nitrogens with two attached hydrogens (primary N) is 1. The number of carbonyl (C=O) groups is 1. The zero-order valence-electron chi connectivity index (χ0n) is 16.2. The lowest BCUT2D eigenvalue weighted by Gasteiger charge is -2.10. The Hall–Kier alpha value is -3.32. The Kier molecular flexibility index (Phi) is 6.97. The summed E-state index contributed by atoms with van der Waals surface area (Å²) in [6.07, 6.45) is -0.777. The highest BCUT2D eigenvalue weighted by Gasteiger charge is 2.33. The molecule has 0 unspecified atom stereocenters. The average Bonchev–Trinajstić information content (AvgIpc) is 3.09. The molecule has 0 aromatic carbocycles. The maximum absolute atomic E-state index is 12.9. The first-order chi connectivity index (χ1) is 14.8. The monoisotopic (exact) mass is 453 g/mol. The molecule has 0 bridgehead atoms. The zero-order chi connectivity index (χ0) is 22.4. The molecule has 0 aliphatic heterocycles. The molecule has 0 aliphatic carbocycles. The second-order valence-corrected chi connectivity index (χ2v) is 6.99. The number of hydrogen-bond donors (Lipinski definition) is 3. The number of nitrogens with one attached hydrogen (secondary N) is 2. The maximum atomic E-state index is 12.9. The summed E-state index contributed by atoms with van der Waals surface area (Å²) in [5.74, 6) is -0.272. The van der Waals surface area contributed by atoms with Crippen LogP contribution in [0.1, 0.15) is 28.2 Å². The number of carbonyl (C=O) groups excluding carboxylic acids is 1. The van der Waals surface area contributed by atoms with Gasteiger partial charge in [-0.3, -0.25) is 9.78 Å². The molecule has 3 aromatic rings. The third-order valence-electron chi connectivity index (χ3n) is 3.85. The van der Waals surface area contributed by atoms with Gasteiger partial charge in [0.05, 0.1) is 42.1 Å². The summed E-state index contributed by atoms with van der Waals surface area (Å²) < 4.78 is 48.1. The topological polar surface area (TPSA) is 128 Å². The molecule has 3 heterocycles. The van der Waals surface area contributed by atoms with Gasteiger partial charge in [0.25, 0.3) is 5.91 Å². The highest BCUT2D eigenvalue weighted by molar-refractivity contribution is 7.10. The molecule has 0 radical (unpaired) electrons. The van der Waals surface area contributed by atoms with E-state index in [4.69, 9.17) is 10.5 Å². The molecule has 0 spiro atoms. The van der Waals surface area contributed by atoms with E-state index in [2.05, 4.69) is 30.0 Å². The molecule has 13 heteroatoms. The van der Waals surface area contributed by atoms with Crippen molar-refractivity contribution in [3.63, 3.8) is 0 Å². The van der Waals surface area contributed by atoms with Crippen LogP contribution in [0.3, 0.4) is 0 Å². The van der Waals surface area contributed by atoms with Crippen LogP contribution in [0, 0.1) is 6.92 Å². The summed E-state index contributed by atoms with van der Waals surface area (Å²) >= 11 is 0.920. The van der Waals surface area contributed by atoms with Crippen molar-refractivity contribution in [3.05, 3.63) is 47.7 Å². The molecule has 0 fully saturated rings. The van der Waals surface area contributed by atoms with Gasteiger partial charge in [0.2, 0.25) is 5.88 Å². The zero-order valence-corrected chi connectivity index (χ0v) is 17.0. The second kappa shape index (κ2) is 9.66. The van der Waals surface area contributed by atoms with Gasteiger partial charge in [0.15, 0.2) is 5.69 Å². The summed E-state index contributed by atoms with van der Waals surface area (Å²) in [4.78, 5) is 23.9. The molecule has 0 saturated carbocycles. The summed E-state index contributed by atoms with van der Waals surface area (Å²) in [5.41, 5.74) is 5.24. The van der Waals surface area contributed by atoms with Crippen molar-refractivity contribution >= 4 is 33.9 Å². The largest absolute Gasteiger partial charge is 0.478 e. The summed E-state index contributed by atoms with van der Waals surface area (Å²) in [5, 5.41) is 5.60. The number of aryl methyl sites for hydroxylation is 1. The van der Waals surface area contributed by atoms with Crippen LogP contribution < -0.4 is 21.1 Å². The van der Waals surface area contributed by atoms with E-state index in [-0.39, 0.29) is 16.4 Å². The predicted octanol–water partition coefficient (Wildman–Crippen LogP) is 3.38. The Bertz CT molecular complexity index is 1040. The number of halogens is 3. The van der Waals surface area contributed by atoms with Crippen LogP contribution in [0.2, 0.25) is 0 Å². The number of nitrogens with zero attached hydrogens (tertiary/aromatic N) is 4. The van der Waals surface area contributed by atoms with Crippen LogP contribution in [0.25, 0.3) is 0 Å². The van der Waals surface area contributed by atoms with Gasteiger partial charge in [-0.15, -0.1) is 0 Å². The maximum Gasteiger partial charge on any atom is 0.434 e. The Morgan fingerprint density at radius 1 is 1.26 bits per heavy atom. The molecule has 3 rings (SSSR count). The minimum absolute atomic E-state index is 0.159. The molecule has 1 amide bonds. The third kappa shape index (κ3) is 5.86. The van der Waals surface area contributed by atoms with Crippen LogP contribution in [-0.4, -0.2) is 38.4 Å². The van der Waals surface area contributed by atoms with Crippen molar-refractivity contribution in [3.8, 4) is 5.88 Å². The van der Waals surface area contributed by atoms with Crippen molar-refractivity contribution < 1.29 is 22.7 Å². The highest BCUT2D eigenvalue weighted by Crippen LogP contribution is 2.31. The number of ether oxygens (including phenoxy) is 1. The molecule has 4 N–H and O–H groups in total. The number of anilines is 3. The van der Waals surface area contributed by atoms with E-state index < -0.39 is 17.8 Å².